The zero-order valence-electron chi connectivity index (χ0n) is 12.9. The first kappa shape index (κ1) is 13.6. The van der Waals surface area contributed by atoms with Gasteiger partial charge < -0.3 is 0 Å². The van der Waals surface area contributed by atoms with E-state index in [9.17, 15) is 0 Å². The number of hydrogen-bond acceptors (Lipinski definition) is 0. The molecular weight excluding hydrogens is 264 g/mol. The third-order valence-corrected chi connectivity index (χ3v) is 5.21. The van der Waals surface area contributed by atoms with E-state index in [1.54, 1.807) is 11.1 Å². The van der Waals surface area contributed by atoms with Crippen LogP contribution in [0.3, 0.4) is 0 Å². The van der Waals surface area contributed by atoms with Gasteiger partial charge in [-0.15, -0.1) is 0 Å². The Morgan fingerprint density at radius 1 is 0.591 bits per heavy atom. The van der Waals surface area contributed by atoms with E-state index in [2.05, 4.69) is 72.8 Å². The zero-order chi connectivity index (χ0) is 14.8. The molecule has 4 rings (SSSR count). The van der Waals surface area contributed by atoms with Gasteiger partial charge in [0.05, 0.1) is 0 Å². The van der Waals surface area contributed by atoms with Gasteiger partial charge in [-0.25, -0.2) is 0 Å². The molecule has 0 unspecified atom stereocenters. The lowest BCUT2D eigenvalue weighted by Crippen LogP contribution is -2.10. The number of fused-ring (bicyclic) bond motifs is 1. The Hall–Kier alpha value is -2.08. The Bertz CT molecular complexity index is 628. The van der Waals surface area contributed by atoms with Crippen LogP contribution in [0.2, 0.25) is 0 Å². The number of hydrogen-bond donors (Lipinski definition) is 0. The molecule has 0 aliphatic heterocycles. The highest BCUT2D eigenvalue weighted by Crippen LogP contribution is 2.46. The maximum Gasteiger partial charge on any atom is -0.00640 e. The van der Waals surface area contributed by atoms with Crippen molar-refractivity contribution in [3.63, 3.8) is 0 Å². The van der Waals surface area contributed by atoms with Gasteiger partial charge in [-0.3, -0.25) is 0 Å². The molecule has 0 spiro atoms. The lowest BCUT2D eigenvalue weighted by Gasteiger charge is -2.18. The smallest absolute Gasteiger partial charge is 0.00640 e. The molecule has 0 heterocycles. The molecule has 0 amide bonds. The monoisotopic (exact) mass is 286 g/mol. The van der Waals surface area contributed by atoms with Crippen LogP contribution < -0.4 is 0 Å². The summed E-state index contributed by atoms with van der Waals surface area (Å²) in [5.41, 5.74) is 6.22. The highest BCUT2D eigenvalue weighted by Gasteiger charge is 2.35. The molecule has 0 nitrogen and oxygen atoms in total. The summed E-state index contributed by atoms with van der Waals surface area (Å²) in [6, 6.07) is 21.8. The van der Waals surface area contributed by atoms with Crippen molar-refractivity contribution in [3.05, 3.63) is 95.1 Å². The van der Waals surface area contributed by atoms with E-state index in [1.165, 1.54) is 24.0 Å². The van der Waals surface area contributed by atoms with Crippen LogP contribution in [-0.2, 0) is 12.8 Å². The maximum absolute atomic E-state index is 2.51. The van der Waals surface area contributed by atoms with Gasteiger partial charge in [0.1, 0.15) is 0 Å². The Labute approximate surface area is 133 Å². The molecule has 110 valence electrons. The lowest BCUT2D eigenvalue weighted by molar-refractivity contribution is 0.499. The first-order valence-corrected chi connectivity index (χ1v) is 8.36. The summed E-state index contributed by atoms with van der Waals surface area (Å²) in [5.74, 6) is 1.53. The molecule has 2 aliphatic carbocycles. The molecule has 0 fully saturated rings. The Morgan fingerprint density at radius 2 is 1.00 bits per heavy atom. The molecule has 0 saturated heterocycles. The van der Waals surface area contributed by atoms with Crippen LogP contribution in [-0.4, -0.2) is 0 Å². The first-order chi connectivity index (χ1) is 10.9. The minimum absolute atomic E-state index is 0.763. The molecule has 2 atom stereocenters. The Kier molecular flexibility index (Phi) is 3.68. The predicted octanol–water partition coefficient (Wildman–Crippen LogP) is 5.36. The molecule has 0 heteroatoms. The number of rotatable bonds is 4. The van der Waals surface area contributed by atoms with Gasteiger partial charge in [0.15, 0.2) is 0 Å². The molecule has 0 N–H and O–H groups in total. The fraction of sp³-hybridized carbons (Fsp3) is 0.273. The van der Waals surface area contributed by atoms with Crippen molar-refractivity contribution in [1.29, 1.82) is 0 Å². The van der Waals surface area contributed by atoms with Gasteiger partial charge in [-0.2, -0.15) is 0 Å². The van der Waals surface area contributed by atoms with E-state index in [1.807, 2.05) is 0 Å². The number of allylic oxidation sites excluding steroid dienone is 4. The topological polar surface area (TPSA) is 0 Å². The zero-order valence-corrected chi connectivity index (χ0v) is 12.9. The molecule has 0 aromatic heterocycles. The summed E-state index contributed by atoms with van der Waals surface area (Å²) in [5, 5.41) is 0. The van der Waals surface area contributed by atoms with Crippen molar-refractivity contribution in [2.24, 2.45) is 11.8 Å². The minimum Gasteiger partial charge on any atom is -0.0841 e. The average Bonchev–Trinajstić information content (AvgIpc) is 3.14. The molecule has 0 saturated carbocycles. The highest BCUT2D eigenvalue weighted by atomic mass is 14.4. The second-order valence-corrected chi connectivity index (χ2v) is 6.57. The van der Waals surface area contributed by atoms with Crippen LogP contribution in [0.4, 0.5) is 0 Å². The largest absolute Gasteiger partial charge is 0.0841 e. The predicted molar refractivity (Wildman–Crippen MR) is 92.7 cm³/mol. The first-order valence-electron chi connectivity index (χ1n) is 8.36. The van der Waals surface area contributed by atoms with Gasteiger partial charge in [0, 0.05) is 0 Å². The van der Waals surface area contributed by atoms with Crippen LogP contribution >= 0.6 is 0 Å². The van der Waals surface area contributed by atoms with Crippen molar-refractivity contribution in [3.8, 4) is 0 Å². The van der Waals surface area contributed by atoms with Gasteiger partial charge in [0.2, 0.25) is 0 Å². The SMILES string of the molecule is C1=C(Cc2ccccc2)[C@@H]2CC=C(Cc3ccccc3)[C@@H]2C1. The van der Waals surface area contributed by atoms with Crippen molar-refractivity contribution >= 4 is 0 Å². The van der Waals surface area contributed by atoms with E-state index in [0.717, 1.165) is 24.7 Å². The fourth-order valence-electron chi connectivity index (χ4n) is 4.08. The van der Waals surface area contributed by atoms with Crippen LogP contribution in [0.25, 0.3) is 0 Å². The Balaban J connectivity index is 1.44. The molecule has 0 radical (unpaired) electrons. The fourth-order valence-corrected chi connectivity index (χ4v) is 4.08. The van der Waals surface area contributed by atoms with Gasteiger partial charge >= 0.3 is 0 Å². The molecular formula is C22H22. The third-order valence-electron chi connectivity index (χ3n) is 5.21. The third kappa shape index (κ3) is 2.66. The van der Waals surface area contributed by atoms with E-state index < -0.39 is 0 Å². The molecule has 2 aliphatic rings. The van der Waals surface area contributed by atoms with E-state index >= 15 is 0 Å². The summed E-state index contributed by atoms with van der Waals surface area (Å²) >= 11 is 0. The lowest BCUT2D eigenvalue weighted by atomic mass is 9.86. The quantitative estimate of drug-likeness (QED) is 0.663. The molecule has 22 heavy (non-hydrogen) atoms. The summed E-state index contributed by atoms with van der Waals surface area (Å²) in [7, 11) is 0. The van der Waals surface area contributed by atoms with Crippen molar-refractivity contribution < 1.29 is 0 Å². The van der Waals surface area contributed by atoms with Crippen molar-refractivity contribution in [2.45, 2.75) is 25.7 Å². The summed E-state index contributed by atoms with van der Waals surface area (Å²) in [6.45, 7) is 0. The average molecular weight is 286 g/mol. The normalized spacial score (nSPS) is 23.1. The van der Waals surface area contributed by atoms with Crippen LogP contribution in [0.1, 0.15) is 24.0 Å². The second-order valence-electron chi connectivity index (χ2n) is 6.57. The van der Waals surface area contributed by atoms with Crippen molar-refractivity contribution in [2.75, 3.05) is 0 Å². The molecule has 2 aromatic carbocycles. The van der Waals surface area contributed by atoms with E-state index in [-0.39, 0.29) is 0 Å². The van der Waals surface area contributed by atoms with Crippen LogP contribution in [0.5, 0.6) is 0 Å². The molecule has 2 aromatic rings. The van der Waals surface area contributed by atoms with Gasteiger partial charge in [-0.05, 0) is 48.6 Å². The second kappa shape index (κ2) is 5.96. The number of benzene rings is 2. The minimum atomic E-state index is 0.763. The van der Waals surface area contributed by atoms with Crippen LogP contribution in [0.15, 0.2) is 84.0 Å². The van der Waals surface area contributed by atoms with Crippen LogP contribution in [0, 0.1) is 11.8 Å². The van der Waals surface area contributed by atoms with E-state index in [4.69, 9.17) is 0 Å². The Morgan fingerprint density at radius 3 is 1.41 bits per heavy atom. The summed E-state index contributed by atoms with van der Waals surface area (Å²) in [4.78, 5) is 0. The van der Waals surface area contributed by atoms with Crippen molar-refractivity contribution in [1.82, 2.24) is 0 Å². The van der Waals surface area contributed by atoms with E-state index in [0.29, 0.717) is 0 Å². The van der Waals surface area contributed by atoms with Gasteiger partial charge in [-0.1, -0.05) is 84.0 Å². The van der Waals surface area contributed by atoms with Gasteiger partial charge in [0.25, 0.3) is 0 Å². The summed E-state index contributed by atoms with van der Waals surface area (Å²) in [6.07, 6.45) is 9.78. The maximum atomic E-state index is 2.51. The highest BCUT2D eigenvalue weighted by molar-refractivity contribution is 5.36. The molecule has 0 bridgehead atoms. The standard InChI is InChI=1S/C22H22/c1-3-7-17(8-4-1)15-19-11-13-22-20(12-14-21(19)22)16-18-9-5-2-6-10-18/h1-12,21-22H,13-16H2/t21-,22-/m0/s1. The summed E-state index contributed by atoms with van der Waals surface area (Å²) < 4.78 is 0.